The van der Waals surface area contributed by atoms with Crippen LogP contribution in [0.1, 0.15) is 55.7 Å². The van der Waals surface area contributed by atoms with Gasteiger partial charge in [0.05, 0.1) is 0 Å². The molecule has 1 unspecified atom stereocenters. The fourth-order valence-corrected chi connectivity index (χ4v) is 1.82. The summed E-state index contributed by atoms with van der Waals surface area (Å²) in [7, 11) is 0. The van der Waals surface area contributed by atoms with Gasteiger partial charge in [-0.2, -0.15) is 0 Å². The maximum absolute atomic E-state index is 10.5. The molecular formula is C14H20O. The number of aldehydes is 1. The molecule has 0 bridgehead atoms. The standard InChI is InChI=1S/C14H20O/c1-10(2)13-6-5-11(3)14(9-13)12(4)7-8-15/h5-6,8-10,12H,7H2,1-4H3. The second-order valence-electron chi connectivity index (χ2n) is 4.57. The SMILES string of the molecule is Cc1ccc(C(C)C)cc1C(C)CC=O. The van der Waals surface area contributed by atoms with Crippen molar-refractivity contribution in [3.05, 3.63) is 34.9 Å². The summed E-state index contributed by atoms with van der Waals surface area (Å²) in [5.74, 6) is 0.883. The maximum Gasteiger partial charge on any atom is 0.120 e. The summed E-state index contributed by atoms with van der Waals surface area (Å²) in [4.78, 5) is 10.5. The Bertz CT molecular complexity index is 339. The van der Waals surface area contributed by atoms with E-state index >= 15 is 0 Å². The number of carbonyl (C=O) groups is 1. The smallest absolute Gasteiger partial charge is 0.120 e. The van der Waals surface area contributed by atoms with Crippen LogP contribution in [-0.2, 0) is 4.79 Å². The van der Waals surface area contributed by atoms with Crippen molar-refractivity contribution in [1.82, 2.24) is 0 Å². The Morgan fingerprint density at radius 1 is 1.27 bits per heavy atom. The van der Waals surface area contributed by atoms with Gasteiger partial charge in [0.15, 0.2) is 0 Å². The monoisotopic (exact) mass is 204 g/mol. The quantitative estimate of drug-likeness (QED) is 0.681. The molecule has 0 aliphatic heterocycles. The Kier molecular flexibility index (Phi) is 4.07. The molecule has 0 aliphatic carbocycles. The second-order valence-corrected chi connectivity index (χ2v) is 4.57. The molecule has 0 saturated heterocycles. The van der Waals surface area contributed by atoms with Gasteiger partial charge >= 0.3 is 0 Å². The Labute approximate surface area is 92.5 Å². The molecule has 0 radical (unpaired) electrons. The zero-order valence-electron chi connectivity index (χ0n) is 10.1. The molecule has 15 heavy (non-hydrogen) atoms. The predicted molar refractivity (Wildman–Crippen MR) is 64.4 cm³/mol. The molecule has 1 aromatic carbocycles. The van der Waals surface area contributed by atoms with E-state index in [0.29, 0.717) is 18.3 Å². The number of aryl methyl sites for hydroxylation is 1. The first kappa shape index (κ1) is 12.0. The minimum absolute atomic E-state index is 0.334. The van der Waals surface area contributed by atoms with Gasteiger partial charge in [-0.3, -0.25) is 0 Å². The van der Waals surface area contributed by atoms with Crippen LogP contribution in [0, 0.1) is 6.92 Å². The van der Waals surface area contributed by atoms with E-state index in [4.69, 9.17) is 0 Å². The molecule has 0 amide bonds. The Morgan fingerprint density at radius 3 is 2.47 bits per heavy atom. The molecule has 0 saturated carbocycles. The lowest BCUT2D eigenvalue weighted by Crippen LogP contribution is -1.99. The lowest BCUT2D eigenvalue weighted by Gasteiger charge is -2.15. The molecule has 0 aliphatic rings. The van der Waals surface area contributed by atoms with Crippen LogP contribution in [-0.4, -0.2) is 6.29 Å². The highest BCUT2D eigenvalue weighted by Crippen LogP contribution is 2.25. The fourth-order valence-electron chi connectivity index (χ4n) is 1.82. The van der Waals surface area contributed by atoms with Crippen molar-refractivity contribution in [1.29, 1.82) is 0 Å². The van der Waals surface area contributed by atoms with Crippen molar-refractivity contribution in [2.24, 2.45) is 0 Å². The van der Waals surface area contributed by atoms with Crippen molar-refractivity contribution in [3.8, 4) is 0 Å². The third-order valence-corrected chi connectivity index (χ3v) is 2.95. The predicted octanol–water partition coefficient (Wildman–Crippen LogP) is 3.81. The average Bonchev–Trinajstić information content (AvgIpc) is 2.18. The zero-order chi connectivity index (χ0) is 11.4. The van der Waals surface area contributed by atoms with Gasteiger partial charge in [0.1, 0.15) is 6.29 Å². The van der Waals surface area contributed by atoms with Crippen molar-refractivity contribution >= 4 is 6.29 Å². The Hall–Kier alpha value is -1.11. The average molecular weight is 204 g/mol. The third kappa shape index (κ3) is 2.92. The number of benzene rings is 1. The summed E-state index contributed by atoms with van der Waals surface area (Å²) in [5.41, 5.74) is 3.95. The minimum Gasteiger partial charge on any atom is -0.303 e. The van der Waals surface area contributed by atoms with E-state index in [1.165, 1.54) is 16.7 Å². The number of rotatable bonds is 4. The van der Waals surface area contributed by atoms with Crippen LogP contribution in [0.2, 0.25) is 0 Å². The van der Waals surface area contributed by atoms with Gasteiger partial charge in [-0.1, -0.05) is 39.0 Å². The van der Waals surface area contributed by atoms with Crippen molar-refractivity contribution in [3.63, 3.8) is 0 Å². The van der Waals surface area contributed by atoms with E-state index in [-0.39, 0.29) is 0 Å². The van der Waals surface area contributed by atoms with Crippen LogP contribution in [0.3, 0.4) is 0 Å². The number of hydrogen-bond acceptors (Lipinski definition) is 1. The van der Waals surface area contributed by atoms with Crippen LogP contribution >= 0.6 is 0 Å². The second kappa shape index (κ2) is 5.11. The molecule has 82 valence electrons. The van der Waals surface area contributed by atoms with E-state index in [1.807, 2.05) is 0 Å². The molecule has 0 fully saturated rings. The summed E-state index contributed by atoms with van der Waals surface area (Å²) < 4.78 is 0. The van der Waals surface area contributed by atoms with E-state index in [1.54, 1.807) is 0 Å². The molecule has 1 nitrogen and oxygen atoms in total. The van der Waals surface area contributed by atoms with Crippen molar-refractivity contribution < 1.29 is 4.79 Å². The highest BCUT2D eigenvalue weighted by molar-refractivity contribution is 5.52. The molecular weight excluding hydrogens is 184 g/mol. The Balaban J connectivity index is 3.04. The van der Waals surface area contributed by atoms with E-state index in [2.05, 4.69) is 45.9 Å². The van der Waals surface area contributed by atoms with Crippen LogP contribution in [0.4, 0.5) is 0 Å². The van der Waals surface area contributed by atoms with Gasteiger partial charge < -0.3 is 4.79 Å². The molecule has 0 aromatic heterocycles. The number of hydrogen-bond donors (Lipinski definition) is 0. The first-order chi connectivity index (χ1) is 7.06. The molecule has 1 atom stereocenters. The van der Waals surface area contributed by atoms with Gasteiger partial charge in [0.25, 0.3) is 0 Å². The van der Waals surface area contributed by atoms with E-state index < -0.39 is 0 Å². The van der Waals surface area contributed by atoms with Crippen LogP contribution in [0.5, 0.6) is 0 Å². The highest BCUT2D eigenvalue weighted by Gasteiger charge is 2.09. The van der Waals surface area contributed by atoms with Crippen LogP contribution in [0.15, 0.2) is 18.2 Å². The van der Waals surface area contributed by atoms with Crippen LogP contribution in [0.25, 0.3) is 0 Å². The topological polar surface area (TPSA) is 17.1 Å². The van der Waals surface area contributed by atoms with Gasteiger partial charge in [-0.25, -0.2) is 0 Å². The minimum atomic E-state index is 0.334. The fraction of sp³-hybridized carbons (Fsp3) is 0.500. The third-order valence-electron chi connectivity index (χ3n) is 2.95. The maximum atomic E-state index is 10.5. The van der Waals surface area contributed by atoms with Crippen molar-refractivity contribution in [2.45, 2.75) is 46.0 Å². The lowest BCUT2D eigenvalue weighted by molar-refractivity contribution is -0.108. The van der Waals surface area contributed by atoms with Gasteiger partial charge in [-0.15, -0.1) is 0 Å². The van der Waals surface area contributed by atoms with Gasteiger partial charge in [0.2, 0.25) is 0 Å². The molecule has 0 heterocycles. The lowest BCUT2D eigenvalue weighted by atomic mass is 9.90. The summed E-state index contributed by atoms with van der Waals surface area (Å²) in [6.45, 7) is 8.61. The molecule has 0 spiro atoms. The summed E-state index contributed by atoms with van der Waals surface area (Å²) in [6.07, 6.45) is 1.62. The normalized spacial score (nSPS) is 12.9. The zero-order valence-corrected chi connectivity index (χ0v) is 10.1. The molecule has 0 N–H and O–H groups in total. The van der Waals surface area contributed by atoms with E-state index in [0.717, 1.165) is 6.29 Å². The first-order valence-corrected chi connectivity index (χ1v) is 5.60. The summed E-state index contributed by atoms with van der Waals surface area (Å²) in [6, 6.07) is 6.58. The molecule has 1 aromatic rings. The highest BCUT2D eigenvalue weighted by atomic mass is 16.1. The van der Waals surface area contributed by atoms with Gasteiger partial charge in [0, 0.05) is 6.42 Å². The molecule has 1 rings (SSSR count). The largest absolute Gasteiger partial charge is 0.303 e. The first-order valence-electron chi connectivity index (χ1n) is 5.60. The number of carbonyl (C=O) groups excluding carboxylic acids is 1. The molecule has 1 heteroatoms. The van der Waals surface area contributed by atoms with Crippen molar-refractivity contribution in [2.75, 3.05) is 0 Å². The Morgan fingerprint density at radius 2 is 1.93 bits per heavy atom. The summed E-state index contributed by atoms with van der Waals surface area (Å²) >= 11 is 0. The van der Waals surface area contributed by atoms with E-state index in [9.17, 15) is 4.79 Å². The summed E-state index contributed by atoms with van der Waals surface area (Å²) in [5, 5.41) is 0. The van der Waals surface area contributed by atoms with Crippen LogP contribution < -0.4 is 0 Å². The van der Waals surface area contributed by atoms with Gasteiger partial charge in [-0.05, 0) is 35.4 Å².